The van der Waals surface area contributed by atoms with E-state index in [4.69, 9.17) is 20.3 Å². The average molecular weight is 513 g/mol. The highest BCUT2D eigenvalue weighted by Crippen LogP contribution is 2.30. The van der Waals surface area contributed by atoms with Crippen LogP contribution < -0.4 is 31.2 Å². The Kier molecular flexibility index (Phi) is 9.45. The zero-order valence-electron chi connectivity index (χ0n) is 20.8. The van der Waals surface area contributed by atoms with E-state index in [9.17, 15) is 19.2 Å². The molecule has 2 aromatic rings. The molecule has 0 atom stereocenters. The lowest BCUT2D eigenvalue weighted by Gasteiger charge is -2.30. The summed E-state index contributed by atoms with van der Waals surface area (Å²) < 4.78 is 10.7. The number of carboxylic acids is 1. The fraction of sp³-hybridized carbons (Fsp3) is 0.385. The van der Waals surface area contributed by atoms with Crippen molar-refractivity contribution < 1.29 is 33.8 Å². The maximum Gasteiger partial charge on any atom is 0.335 e. The number of benzene rings is 2. The molecule has 0 spiro atoms. The topological polar surface area (TPSA) is 169 Å². The second-order valence-corrected chi connectivity index (χ2v) is 8.68. The summed E-state index contributed by atoms with van der Waals surface area (Å²) in [6.07, 6.45) is 2.55. The third-order valence-electron chi connectivity index (χ3n) is 6.21. The Bertz CT molecular complexity index is 1160. The van der Waals surface area contributed by atoms with Crippen molar-refractivity contribution in [2.75, 3.05) is 27.3 Å². The van der Waals surface area contributed by atoms with E-state index in [1.807, 2.05) is 0 Å². The highest BCUT2D eigenvalue weighted by atomic mass is 16.5. The molecule has 0 bridgehead atoms. The van der Waals surface area contributed by atoms with Crippen LogP contribution in [0.1, 0.15) is 67.1 Å². The van der Waals surface area contributed by atoms with Crippen molar-refractivity contribution in [1.82, 2.24) is 16.0 Å². The van der Waals surface area contributed by atoms with E-state index in [-0.39, 0.29) is 70.7 Å². The molecular formula is C26H32N4O7. The molecule has 0 saturated heterocycles. The van der Waals surface area contributed by atoms with E-state index in [0.717, 1.165) is 0 Å². The zero-order valence-corrected chi connectivity index (χ0v) is 20.8. The number of hydrogen-bond acceptors (Lipinski definition) is 7. The van der Waals surface area contributed by atoms with Gasteiger partial charge in [0.05, 0.1) is 30.9 Å². The minimum atomic E-state index is -1.09. The second kappa shape index (κ2) is 12.7. The van der Waals surface area contributed by atoms with Crippen LogP contribution in [0.4, 0.5) is 0 Å². The van der Waals surface area contributed by atoms with Gasteiger partial charge in [0.1, 0.15) is 11.5 Å². The van der Waals surface area contributed by atoms with Crippen molar-refractivity contribution in [2.24, 2.45) is 5.73 Å². The normalized spacial score (nSPS) is 16.8. The maximum absolute atomic E-state index is 13.1. The summed E-state index contributed by atoms with van der Waals surface area (Å²) in [4.78, 5) is 49.4. The molecule has 1 aliphatic carbocycles. The summed E-state index contributed by atoms with van der Waals surface area (Å²) in [5.74, 6) is -1.68. The van der Waals surface area contributed by atoms with Crippen LogP contribution in [-0.4, -0.2) is 68.2 Å². The number of nitrogens with two attached hydrogens (primary N) is 1. The van der Waals surface area contributed by atoms with Crippen molar-refractivity contribution in [3.63, 3.8) is 0 Å². The quantitative estimate of drug-likeness (QED) is 0.319. The lowest BCUT2D eigenvalue weighted by molar-refractivity contribution is 0.0696. The van der Waals surface area contributed by atoms with Gasteiger partial charge in [-0.3, -0.25) is 14.4 Å². The predicted octanol–water partition coefficient (Wildman–Crippen LogP) is 1.56. The molecule has 1 saturated carbocycles. The van der Waals surface area contributed by atoms with Crippen molar-refractivity contribution in [3.05, 3.63) is 58.7 Å². The fourth-order valence-corrected chi connectivity index (χ4v) is 4.24. The highest BCUT2D eigenvalue weighted by Gasteiger charge is 2.27. The van der Waals surface area contributed by atoms with Gasteiger partial charge in [-0.25, -0.2) is 4.79 Å². The molecule has 1 fully saturated rings. The molecule has 0 unspecified atom stereocenters. The number of carbonyl (C=O) groups excluding carboxylic acids is 3. The van der Waals surface area contributed by atoms with E-state index in [2.05, 4.69) is 16.0 Å². The van der Waals surface area contributed by atoms with Crippen LogP contribution in [0, 0.1) is 0 Å². The number of rotatable bonds is 10. The molecule has 11 heteroatoms. The number of methoxy groups -OCH3 is 2. The van der Waals surface area contributed by atoms with Gasteiger partial charge < -0.3 is 36.3 Å². The van der Waals surface area contributed by atoms with Gasteiger partial charge in [-0.1, -0.05) is 6.07 Å². The van der Waals surface area contributed by atoms with Crippen LogP contribution in [0.5, 0.6) is 11.5 Å². The van der Waals surface area contributed by atoms with E-state index in [1.54, 1.807) is 6.07 Å². The zero-order chi connectivity index (χ0) is 26.9. The highest BCUT2D eigenvalue weighted by molar-refractivity contribution is 6.03. The molecule has 6 N–H and O–H groups in total. The minimum Gasteiger partial charge on any atom is -0.496 e. The number of hydrogen-bond donors (Lipinski definition) is 5. The molecule has 11 nitrogen and oxygen atoms in total. The molecule has 37 heavy (non-hydrogen) atoms. The van der Waals surface area contributed by atoms with Crippen LogP contribution >= 0.6 is 0 Å². The number of carboxylic acid groups (broad SMARTS) is 1. The predicted molar refractivity (Wildman–Crippen MR) is 135 cm³/mol. The van der Waals surface area contributed by atoms with Gasteiger partial charge in [0, 0.05) is 36.8 Å². The molecule has 0 radical (unpaired) electrons. The van der Waals surface area contributed by atoms with Gasteiger partial charge in [0.25, 0.3) is 17.7 Å². The lowest BCUT2D eigenvalue weighted by atomic mass is 9.90. The summed E-state index contributed by atoms with van der Waals surface area (Å²) in [7, 11) is 2.86. The maximum atomic E-state index is 13.1. The van der Waals surface area contributed by atoms with Gasteiger partial charge in [-0.15, -0.1) is 0 Å². The Balaban J connectivity index is 1.62. The van der Waals surface area contributed by atoms with Crippen LogP contribution in [0.15, 0.2) is 36.4 Å². The number of carbonyl (C=O) groups is 4. The Morgan fingerprint density at radius 2 is 1.38 bits per heavy atom. The third-order valence-corrected chi connectivity index (χ3v) is 6.21. The van der Waals surface area contributed by atoms with Crippen molar-refractivity contribution in [1.29, 1.82) is 0 Å². The third kappa shape index (κ3) is 6.98. The van der Waals surface area contributed by atoms with Crippen LogP contribution in [0.2, 0.25) is 0 Å². The first kappa shape index (κ1) is 27.5. The number of aromatic carboxylic acids is 1. The summed E-state index contributed by atoms with van der Waals surface area (Å²) in [6, 6.07) is 8.59. The van der Waals surface area contributed by atoms with E-state index < -0.39 is 11.9 Å². The number of amides is 3. The van der Waals surface area contributed by atoms with Crippen LogP contribution in [0.25, 0.3) is 0 Å². The molecule has 3 amide bonds. The number of nitrogens with one attached hydrogen (secondary N) is 3. The van der Waals surface area contributed by atoms with Gasteiger partial charge >= 0.3 is 5.97 Å². The second-order valence-electron chi connectivity index (χ2n) is 8.68. The molecule has 0 heterocycles. The first-order valence-electron chi connectivity index (χ1n) is 12.0. The molecule has 198 valence electrons. The van der Waals surface area contributed by atoms with Crippen molar-refractivity contribution in [3.8, 4) is 11.5 Å². The van der Waals surface area contributed by atoms with Crippen molar-refractivity contribution in [2.45, 2.75) is 37.8 Å². The Morgan fingerprint density at radius 1 is 0.838 bits per heavy atom. The van der Waals surface area contributed by atoms with Gasteiger partial charge in [0.15, 0.2) is 0 Å². The SMILES string of the molecule is COc1cc(OC)c(C(=O)NC2CCC(NC(=O)c3cccc(C(=O)O)c3)CC2)cc1C(=O)NCCN. The summed E-state index contributed by atoms with van der Waals surface area (Å²) in [5.41, 5.74) is 6.19. The smallest absolute Gasteiger partial charge is 0.335 e. The van der Waals surface area contributed by atoms with E-state index in [1.165, 1.54) is 44.6 Å². The van der Waals surface area contributed by atoms with E-state index in [0.29, 0.717) is 25.7 Å². The Labute approximate surface area is 214 Å². The first-order chi connectivity index (χ1) is 17.8. The largest absolute Gasteiger partial charge is 0.496 e. The Morgan fingerprint density at radius 3 is 1.92 bits per heavy atom. The lowest BCUT2D eigenvalue weighted by Crippen LogP contribution is -2.44. The minimum absolute atomic E-state index is 0.0491. The standard InChI is InChI=1S/C26H32N4O7/c1-36-21-14-22(37-2)20(13-19(21)24(32)28-11-10-27)25(33)30-18-8-6-17(7-9-18)29-23(31)15-4-3-5-16(12-15)26(34)35/h3-5,12-14,17-18H,6-11,27H2,1-2H3,(H,28,32)(H,29,31)(H,30,33)(H,34,35). The molecule has 0 aliphatic heterocycles. The first-order valence-corrected chi connectivity index (χ1v) is 12.0. The number of ether oxygens (including phenoxy) is 2. The van der Waals surface area contributed by atoms with Gasteiger partial charge in [0.2, 0.25) is 0 Å². The molecule has 0 aromatic heterocycles. The van der Waals surface area contributed by atoms with Gasteiger partial charge in [-0.2, -0.15) is 0 Å². The fourth-order valence-electron chi connectivity index (χ4n) is 4.24. The van der Waals surface area contributed by atoms with Crippen molar-refractivity contribution >= 4 is 23.7 Å². The van der Waals surface area contributed by atoms with Crippen LogP contribution in [-0.2, 0) is 0 Å². The van der Waals surface area contributed by atoms with Crippen LogP contribution in [0.3, 0.4) is 0 Å². The summed E-state index contributed by atoms with van der Waals surface area (Å²) in [5, 5.41) is 17.7. The summed E-state index contributed by atoms with van der Waals surface area (Å²) in [6.45, 7) is 0.551. The monoisotopic (exact) mass is 512 g/mol. The Hall–Kier alpha value is -4.12. The van der Waals surface area contributed by atoms with E-state index >= 15 is 0 Å². The molecule has 1 aliphatic rings. The molecular weight excluding hydrogens is 480 g/mol. The summed E-state index contributed by atoms with van der Waals surface area (Å²) >= 11 is 0. The molecule has 2 aromatic carbocycles. The average Bonchev–Trinajstić information content (AvgIpc) is 2.91. The van der Waals surface area contributed by atoms with Gasteiger partial charge in [-0.05, 0) is 49.9 Å². The molecule has 3 rings (SSSR count).